The highest BCUT2D eigenvalue weighted by atomic mass is 32.1. The molecule has 1 aliphatic rings. The van der Waals surface area contributed by atoms with Crippen molar-refractivity contribution in [1.29, 1.82) is 0 Å². The molecule has 1 aromatic carbocycles. The first-order chi connectivity index (χ1) is 9.69. The zero-order valence-electron chi connectivity index (χ0n) is 11.1. The smallest absolute Gasteiger partial charge is 0.326 e. The zero-order chi connectivity index (χ0) is 14.1. The number of carbonyl (C=O) groups is 1. The number of benzene rings is 1. The number of hydrogen-bond acceptors (Lipinski definition) is 5. The summed E-state index contributed by atoms with van der Waals surface area (Å²) in [4.78, 5) is 17.8. The highest BCUT2D eigenvalue weighted by Crippen LogP contribution is 2.29. The zero-order valence-corrected chi connectivity index (χ0v) is 11.9. The van der Waals surface area contributed by atoms with E-state index in [0.717, 1.165) is 17.8 Å². The number of nitrogens with zero attached hydrogens (tertiary/aromatic N) is 3. The third-order valence-electron chi connectivity index (χ3n) is 3.55. The molecule has 6 heteroatoms. The Labute approximate surface area is 121 Å². The van der Waals surface area contributed by atoms with Crippen LogP contribution in [-0.2, 0) is 24.2 Å². The number of hydrogen-bond donors (Lipinski definition) is 1. The van der Waals surface area contributed by atoms with Crippen LogP contribution >= 0.6 is 11.5 Å². The Kier molecular flexibility index (Phi) is 3.40. The highest BCUT2D eigenvalue weighted by molar-refractivity contribution is 7.09. The first-order valence-electron chi connectivity index (χ1n) is 6.58. The minimum absolute atomic E-state index is 0.506. The monoisotopic (exact) mass is 289 g/mol. The molecule has 0 saturated heterocycles. The van der Waals surface area contributed by atoms with Gasteiger partial charge in [-0.2, -0.15) is 4.37 Å². The average molecular weight is 289 g/mol. The molecule has 0 fully saturated rings. The fourth-order valence-electron chi connectivity index (χ4n) is 2.45. The number of fused-ring (bicyclic) bond motifs is 1. The fourth-order valence-corrected chi connectivity index (χ4v) is 3.25. The minimum atomic E-state index is -0.812. The SMILES string of the molecule is CCc1nsc(N2Cc3ccccc3CC2C(=O)O)n1. The second-order valence-corrected chi connectivity index (χ2v) is 5.53. The maximum atomic E-state index is 11.5. The van der Waals surface area contributed by atoms with E-state index in [1.165, 1.54) is 17.1 Å². The lowest BCUT2D eigenvalue weighted by molar-refractivity contribution is -0.138. The van der Waals surface area contributed by atoms with Gasteiger partial charge in [-0.1, -0.05) is 31.2 Å². The third-order valence-corrected chi connectivity index (χ3v) is 4.34. The maximum Gasteiger partial charge on any atom is 0.326 e. The van der Waals surface area contributed by atoms with Gasteiger partial charge in [0.15, 0.2) is 0 Å². The Morgan fingerprint density at radius 2 is 2.20 bits per heavy atom. The van der Waals surface area contributed by atoms with Crippen molar-refractivity contribution in [2.45, 2.75) is 32.4 Å². The molecular weight excluding hydrogens is 274 g/mol. The van der Waals surface area contributed by atoms with Crippen LogP contribution in [0.4, 0.5) is 5.13 Å². The van der Waals surface area contributed by atoms with Crippen LogP contribution < -0.4 is 4.90 Å². The van der Waals surface area contributed by atoms with E-state index in [-0.39, 0.29) is 0 Å². The summed E-state index contributed by atoms with van der Waals surface area (Å²) in [6, 6.07) is 7.41. The maximum absolute atomic E-state index is 11.5. The van der Waals surface area contributed by atoms with Crippen LogP contribution in [0.5, 0.6) is 0 Å². The molecule has 1 unspecified atom stereocenters. The predicted octanol–water partition coefficient (Wildman–Crippen LogP) is 2.12. The number of anilines is 1. The second kappa shape index (κ2) is 5.20. The molecule has 3 rings (SSSR count). The van der Waals surface area contributed by atoms with Crippen molar-refractivity contribution in [3.63, 3.8) is 0 Å². The van der Waals surface area contributed by atoms with Crippen molar-refractivity contribution < 1.29 is 9.90 Å². The normalized spacial score (nSPS) is 17.9. The molecule has 104 valence electrons. The van der Waals surface area contributed by atoms with Crippen LogP contribution in [-0.4, -0.2) is 26.5 Å². The van der Waals surface area contributed by atoms with Gasteiger partial charge in [0, 0.05) is 30.9 Å². The fraction of sp³-hybridized carbons (Fsp3) is 0.357. The van der Waals surface area contributed by atoms with Gasteiger partial charge < -0.3 is 10.0 Å². The van der Waals surface area contributed by atoms with Crippen LogP contribution in [0.15, 0.2) is 24.3 Å². The number of carboxylic acid groups (broad SMARTS) is 1. The van der Waals surface area contributed by atoms with Crippen molar-refractivity contribution in [3.8, 4) is 0 Å². The van der Waals surface area contributed by atoms with Gasteiger partial charge in [0.2, 0.25) is 5.13 Å². The number of aryl methyl sites for hydroxylation is 1. The van der Waals surface area contributed by atoms with Gasteiger partial charge in [-0.25, -0.2) is 9.78 Å². The molecule has 1 aliphatic heterocycles. The predicted molar refractivity (Wildman–Crippen MR) is 77.0 cm³/mol. The summed E-state index contributed by atoms with van der Waals surface area (Å²) < 4.78 is 4.26. The molecule has 0 aliphatic carbocycles. The summed E-state index contributed by atoms with van der Waals surface area (Å²) in [6.07, 6.45) is 1.27. The molecule has 0 radical (unpaired) electrons. The van der Waals surface area contributed by atoms with E-state index in [0.29, 0.717) is 18.1 Å². The van der Waals surface area contributed by atoms with E-state index in [4.69, 9.17) is 0 Å². The van der Waals surface area contributed by atoms with Crippen LogP contribution in [0, 0.1) is 0 Å². The third kappa shape index (κ3) is 2.27. The van der Waals surface area contributed by atoms with Gasteiger partial charge in [0.25, 0.3) is 0 Å². The molecule has 1 atom stereocenters. The molecule has 0 amide bonds. The lowest BCUT2D eigenvalue weighted by atomic mass is 9.94. The molecule has 1 aromatic heterocycles. The van der Waals surface area contributed by atoms with Crippen LogP contribution in [0.3, 0.4) is 0 Å². The topological polar surface area (TPSA) is 66.3 Å². The molecule has 2 heterocycles. The van der Waals surface area contributed by atoms with Gasteiger partial charge in [0.1, 0.15) is 11.9 Å². The van der Waals surface area contributed by atoms with E-state index in [2.05, 4.69) is 9.36 Å². The van der Waals surface area contributed by atoms with Gasteiger partial charge >= 0.3 is 5.97 Å². The largest absolute Gasteiger partial charge is 0.480 e. The number of aromatic nitrogens is 2. The van der Waals surface area contributed by atoms with Gasteiger partial charge in [0.05, 0.1) is 0 Å². The molecule has 1 N–H and O–H groups in total. The Hall–Kier alpha value is -1.95. The van der Waals surface area contributed by atoms with Crippen molar-refractivity contribution >= 4 is 22.6 Å². The number of aliphatic carboxylic acids is 1. The first-order valence-corrected chi connectivity index (χ1v) is 7.35. The summed E-state index contributed by atoms with van der Waals surface area (Å²) in [6.45, 7) is 2.57. The van der Waals surface area contributed by atoms with E-state index in [1.807, 2.05) is 36.1 Å². The van der Waals surface area contributed by atoms with E-state index < -0.39 is 12.0 Å². The highest BCUT2D eigenvalue weighted by Gasteiger charge is 2.33. The molecule has 0 bridgehead atoms. The summed E-state index contributed by atoms with van der Waals surface area (Å²) >= 11 is 1.28. The van der Waals surface area contributed by atoms with E-state index in [1.54, 1.807) is 0 Å². The van der Waals surface area contributed by atoms with E-state index in [9.17, 15) is 9.90 Å². The van der Waals surface area contributed by atoms with Crippen molar-refractivity contribution in [3.05, 3.63) is 41.2 Å². The Morgan fingerprint density at radius 1 is 1.45 bits per heavy atom. The molecule has 2 aromatic rings. The van der Waals surface area contributed by atoms with Crippen LogP contribution in [0.25, 0.3) is 0 Å². The van der Waals surface area contributed by atoms with E-state index >= 15 is 0 Å². The van der Waals surface area contributed by atoms with Gasteiger partial charge in [-0.3, -0.25) is 0 Å². The molecule has 20 heavy (non-hydrogen) atoms. The Morgan fingerprint density at radius 3 is 2.85 bits per heavy atom. The summed E-state index contributed by atoms with van der Waals surface area (Å²) in [5, 5.41) is 10.2. The summed E-state index contributed by atoms with van der Waals surface area (Å²) in [7, 11) is 0. The summed E-state index contributed by atoms with van der Waals surface area (Å²) in [5.74, 6) is -0.0410. The molecular formula is C14H15N3O2S. The number of carboxylic acids is 1. The molecule has 0 spiro atoms. The summed E-state index contributed by atoms with van der Waals surface area (Å²) in [5.41, 5.74) is 2.27. The lowest BCUT2D eigenvalue weighted by Gasteiger charge is -2.33. The van der Waals surface area contributed by atoms with Crippen molar-refractivity contribution in [1.82, 2.24) is 9.36 Å². The minimum Gasteiger partial charge on any atom is -0.480 e. The van der Waals surface area contributed by atoms with Crippen molar-refractivity contribution in [2.24, 2.45) is 0 Å². The van der Waals surface area contributed by atoms with Gasteiger partial charge in [-0.05, 0) is 11.1 Å². The Balaban J connectivity index is 1.97. The second-order valence-electron chi connectivity index (χ2n) is 4.80. The van der Waals surface area contributed by atoms with Gasteiger partial charge in [-0.15, -0.1) is 0 Å². The van der Waals surface area contributed by atoms with Crippen LogP contribution in [0.2, 0.25) is 0 Å². The molecule has 0 saturated carbocycles. The van der Waals surface area contributed by atoms with Crippen LogP contribution in [0.1, 0.15) is 23.9 Å². The molecule has 5 nitrogen and oxygen atoms in total. The first kappa shape index (κ1) is 13.1. The Bertz CT molecular complexity index is 641. The quantitative estimate of drug-likeness (QED) is 0.937. The number of rotatable bonds is 3. The standard InChI is InChI=1S/C14H15N3O2S/c1-2-12-15-14(20-16-12)17-8-10-6-4-3-5-9(10)7-11(17)13(18)19/h3-6,11H,2,7-8H2,1H3,(H,18,19). The van der Waals surface area contributed by atoms with Crippen molar-refractivity contribution in [2.75, 3.05) is 4.90 Å². The average Bonchev–Trinajstić information content (AvgIpc) is 2.94. The lowest BCUT2D eigenvalue weighted by Crippen LogP contribution is -2.45.